The molecule has 0 saturated carbocycles. The fourth-order valence-corrected chi connectivity index (χ4v) is 2.53. The van der Waals surface area contributed by atoms with E-state index >= 15 is 0 Å². The molecule has 1 aliphatic rings. The van der Waals surface area contributed by atoms with Gasteiger partial charge in [0.25, 0.3) is 0 Å². The van der Waals surface area contributed by atoms with Crippen LogP contribution in [0, 0.1) is 12.8 Å². The van der Waals surface area contributed by atoms with Gasteiger partial charge in [-0.1, -0.05) is 32.9 Å². The third kappa shape index (κ3) is 4.25. The Balaban J connectivity index is 2.14. The number of benzene rings is 1. The fourth-order valence-electron chi connectivity index (χ4n) is 2.53. The smallest absolute Gasteiger partial charge is 0.326 e. The van der Waals surface area contributed by atoms with E-state index in [2.05, 4.69) is 31.1 Å². The van der Waals surface area contributed by atoms with Gasteiger partial charge in [0.2, 0.25) is 5.91 Å². The number of allylic oxidation sites excluding steroid dienone is 1. The second kappa shape index (κ2) is 7.81. The van der Waals surface area contributed by atoms with Crippen molar-refractivity contribution in [1.82, 2.24) is 4.90 Å². The van der Waals surface area contributed by atoms with Crippen LogP contribution in [0.3, 0.4) is 0 Å². The molecule has 0 aliphatic carbocycles. The Hall–Kier alpha value is -2.56. The van der Waals surface area contributed by atoms with E-state index in [-0.39, 0.29) is 11.9 Å². The molecule has 0 aromatic heterocycles. The van der Waals surface area contributed by atoms with Crippen LogP contribution in [0.15, 0.2) is 37.2 Å². The minimum absolute atomic E-state index is 0.0374. The summed E-state index contributed by atoms with van der Waals surface area (Å²) in [7, 11) is 0. The number of anilines is 2. The zero-order chi connectivity index (χ0) is 17.7. The molecule has 1 aliphatic heterocycles. The zero-order valence-corrected chi connectivity index (χ0v) is 14.6. The molecule has 0 fully saturated rings. The molecule has 24 heavy (non-hydrogen) atoms. The molecular weight excluding hydrogens is 302 g/mol. The summed E-state index contributed by atoms with van der Waals surface area (Å²) in [4.78, 5) is 25.3. The Kier molecular flexibility index (Phi) is 5.79. The maximum atomic E-state index is 12.4. The van der Waals surface area contributed by atoms with Gasteiger partial charge in [-0.15, -0.1) is 0 Å². The molecule has 1 atom stereocenters. The van der Waals surface area contributed by atoms with Gasteiger partial charge in [0.05, 0.1) is 0 Å². The molecule has 1 aromatic carbocycles. The highest BCUT2D eigenvalue weighted by Gasteiger charge is 2.18. The second-order valence-corrected chi connectivity index (χ2v) is 6.12. The lowest BCUT2D eigenvalue weighted by molar-refractivity contribution is -0.116. The van der Waals surface area contributed by atoms with Crippen molar-refractivity contribution in [2.75, 3.05) is 10.6 Å². The third-order valence-electron chi connectivity index (χ3n) is 4.20. The van der Waals surface area contributed by atoms with Crippen LogP contribution in [0.4, 0.5) is 16.2 Å². The predicted molar refractivity (Wildman–Crippen MR) is 97.8 cm³/mol. The van der Waals surface area contributed by atoms with E-state index in [1.54, 1.807) is 6.20 Å². The number of nitrogens with zero attached hydrogens (tertiary/aromatic N) is 1. The van der Waals surface area contributed by atoms with Crippen LogP contribution in [0.1, 0.15) is 37.8 Å². The second-order valence-electron chi connectivity index (χ2n) is 6.12. The van der Waals surface area contributed by atoms with Crippen molar-refractivity contribution in [2.45, 2.75) is 40.0 Å². The Labute approximate surface area is 143 Å². The van der Waals surface area contributed by atoms with Crippen LogP contribution in [0.2, 0.25) is 0 Å². The number of hydrogen-bond donors (Lipinski definition) is 2. The normalized spacial score (nSPS) is 14.7. The van der Waals surface area contributed by atoms with Crippen LogP contribution < -0.4 is 10.6 Å². The molecule has 5 heteroatoms. The molecule has 1 heterocycles. The molecule has 0 spiro atoms. The lowest BCUT2D eigenvalue weighted by atomic mass is 9.98. The number of amides is 3. The Morgan fingerprint density at radius 1 is 1.46 bits per heavy atom. The van der Waals surface area contributed by atoms with Crippen molar-refractivity contribution in [3.05, 3.63) is 48.3 Å². The summed E-state index contributed by atoms with van der Waals surface area (Å²) >= 11 is 0. The number of fused-ring (bicyclic) bond motifs is 1. The third-order valence-corrected chi connectivity index (χ3v) is 4.20. The number of aryl methyl sites for hydroxylation is 2. The van der Waals surface area contributed by atoms with Crippen molar-refractivity contribution < 1.29 is 9.59 Å². The minimum Gasteiger partial charge on any atom is -0.326 e. The van der Waals surface area contributed by atoms with E-state index in [1.807, 2.05) is 25.1 Å². The number of urea groups is 1. The van der Waals surface area contributed by atoms with E-state index in [4.69, 9.17) is 0 Å². The van der Waals surface area contributed by atoms with Crippen molar-refractivity contribution in [2.24, 2.45) is 5.92 Å². The first-order valence-electron chi connectivity index (χ1n) is 8.28. The number of rotatable bonds is 5. The SMILES string of the molecule is C=CN(/C=C\C(C)CC)C(=O)Nc1cc(C)c2c(c1)CCC(=O)N2. The lowest BCUT2D eigenvalue weighted by Crippen LogP contribution is -2.26. The van der Waals surface area contributed by atoms with E-state index in [0.29, 0.717) is 18.8 Å². The number of nitrogens with one attached hydrogen (secondary N) is 2. The standard InChI is InChI=1S/C19H25N3O2/c1-5-13(3)9-10-22(6-2)19(24)20-16-11-14(4)18-15(12-16)7-8-17(23)21-18/h6,9-13H,2,5,7-8H2,1,3-4H3,(H,20,24)(H,21,23)/b10-9-. The molecule has 1 unspecified atom stereocenters. The molecule has 0 bridgehead atoms. The number of hydrogen-bond acceptors (Lipinski definition) is 2. The van der Waals surface area contributed by atoms with Gasteiger partial charge < -0.3 is 10.6 Å². The molecule has 2 rings (SSSR count). The van der Waals surface area contributed by atoms with E-state index < -0.39 is 0 Å². The highest BCUT2D eigenvalue weighted by molar-refractivity contribution is 5.96. The molecule has 0 saturated heterocycles. The average Bonchev–Trinajstić information content (AvgIpc) is 2.56. The van der Waals surface area contributed by atoms with Gasteiger partial charge in [0.15, 0.2) is 0 Å². The zero-order valence-electron chi connectivity index (χ0n) is 14.6. The summed E-state index contributed by atoms with van der Waals surface area (Å²) in [5.74, 6) is 0.435. The minimum atomic E-state index is -0.260. The van der Waals surface area contributed by atoms with Gasteiger partial charge >= 0.3 is 6.03 Å². The molecule has 2 N–H and O–H groups in total. The van der Waals surface area contributed by atoms with Gasteiger partial charge in [0, 0.05) is 30.2 Å². The fraction of sp³-hybridized carbons (Fsp3) is 0.368. The van der Waals surface area contributed by atoms with Gasteiger partial charge in [-0.2, -0.15) is 0 Å². The summed E-state index contributed by atoms with van der Waals surface area (Å²) in [6.45, 7) is 9.81. The van der Waals surface area contributed by atoms with Crippen molar-refractivity contribution in [3.8, 4) is 0 Å². The molecular formula is C19H25N3O2. The summed E-state index contributed by atoms with van der Waals surface area (Å²) < 4.78 is 0. The van der Waals surface area contributed by atoms with Crippen LogP contribution in [0.25, 0.3) is 0 Å². The maximum Gasteiger partial charge on any atom is 0.329 e. The number of carbonyl (C=O) groups is 2. The maximum absolute atomic E-state index is 12.4. The quantitative estimate of drug-likeness (QED) is 0.841. The topological polar surface area (TPSA) is 61.4 Å². The van der Waals surface area contributed by atoms with Gasteiger partial charge in [-0.25, -0.2) is 4.79 Å². The number of carbonyl (C=O) groups excluding carboxylic acids is 2. The molecule has 1 aromatic rings. The Morgan fingerprint density at radius 3 is 2.88 bits per heavy atom. The van der Waals surface area contributed by atoms with Gasteiger partial charge in [-0.05, 0) is 42.5 Å². The van der Waals surface area contributed by atoms with Crippen LogP contribution in [0.5, 0.6) is 0 Å². The summed E-state index contributed by atoms with van der Waals surface area (Å²) in [5, 5.41) is 5.78. The van der Waals surface area contributed by atoms with E-state index in [9.17, 15) is 9.59 Å². The van der Waals surface area contributed by atoms with Gasteiger partial charge in [0.1, 0.15) is 0 Å². The van der Waals surface area contributed by atoms with E-state index in [1.165, 1.54) is 11.1 Å². The molecule has 0 radical (unpaired) electrons. The highest BCUT2D eigenvalue weighted by Crippen LogP contribution is 2.29. The highest BCUT2D eigenvalue weighted by atomic mass is 16.2. The van der Waals surface area contributed by atoms with E-state index in [0.717, 1.165) is 28.9 Å². The Bertz CT molecular complexity index is 679. The first-order valence-corrected chi connectivity index (χ1v) is 8.28. The summed E-state index contributed by atoms with van der Waals surface area (Å²) in [6, 6.07) is 3.52. The van der Waals surface area contributed by atoms with Crippen LogP contribution in [-0.2, 0) is 11.2 Å². The molecule has 5 nitrogen and oxygen atoms in total. The molecule has 128 valence electrons. The largest absolute Gasteiger partial charge is 0.329 e. The summed E-state index contributed by atoms with van der Waals surface area (Å²) in [6.07, 6.45) is 7.38. The van der Waals surface area contributed by atoms with Crippen LogP contribution in [-0.4, -0.2) is 16.8 Å². The summed E-state index contributed by atoms with van der Waals surface area (Å²) in [5.41, 5.74) is 3.57. The van der Waals surface area contributed by atoms with Crippen molar-refractivity contribution in [1.29, 1.82) is 0 Å². The first kappa shape index (κ1) is 17.8. The van der Waals surface area contributed by atoms with Crippen molar-refractivity contribution >= 4 is 23.3 Å². The van der Waals surface area contributed by atoms with Crippen molar-refractivity contribution in [3.63, 3.8) is 0 Å². The molecule has 3 amide bonds. The van der Waals surface area contributed by atoms with Gasteiger partial charge in [-0.3, -0.25) is 9.69 Å². The first-order chi connectivity index (χ1) is 11.4. The monoisotopic (exact) mass is 327 g/mol. The predicted octanol–water partition coefficient (Wildman–Crippen LogP) is 4.42. The van der Waals surface area contributed by atoms with Crippen LogP contribution >= 0.6 is 0 Å². The Morgan fingerprint density at radius 2 is 2.21 bits per heavy atom. The average molecular weight is 327 g/mol. The lowest BCUT2D eigenvalue weighted by Gasteiger charge is -2.21.